The fraction of sp³-hybridized carbons (Fsp3) is 0.381. The Kier molecular flexibility index (Phi) is 8.61. The molecule has 0 radical (unpaired) electrons. The highest BCUT2D eigenvalue weighted by molar-refractivity contribution is 9.09. The minimum Gasteiger partial charge on any atom is -0.497 e. The van der Waals surface area contributed by atoms with Crippen LogP contribution in [-0.2, 0) is 22.6 Å². The minimum absolute atomic E-state index is 0.209. The van der Waals surface area contributed by atoms with Crippen LogP contribution in [0.3, 0.4) is 0 Å². The zero-order valence-electron chi connectivity index (χ0n) is 16.0. The second-order valence-electron chi connectivity index (χ2n) is 6.25. The first-order valence-corrected chi connectivity index (χ1v) is 9.87. The number of carbonyl (C=O) groups is 1. The summed E-state index contributed by atoms with van der Waals surface area (Å²) < 4.78 is 15.9. The van der Waals surface area contributed by atoms with Crippen LogP contribution in [0.1, 0.15) is 18.1 Å². The monoisotopic (exact) mass is 435 g/mol. The number of carbonyl (C=O) groups excluding carboxylic acids is 1. The van der Waals surface area contributed by atoms with Gasteiger partial charge in [0.1, 0.15) is 17.6 Å². The molecule has 0 aromatic heterocycles. The van der Waals surface area contributed by atoms with Gasteiger partial charge in [-0.3, -0.25) is 9.69 Å². The lowest BCUT2D eigenvalue weighted by Gasteiger charge is -2.26. The second-order valence-corrected chi connectivity index (χ2v) is 6.90. The molecule has 0 N–H and O–H groups in total. The summed E-state index contributed by atoms with van der Waals surface area (Å²) >= 11 is 3.44. The van der Waals surface area contributed by atoms with Crippen LogP contribution in [-0.4, -0.2) is 43.1 Å². The first-order chi connectivity index (χ1) is 13.0. The molecule has 0 saturated carbocycles. The molecule has 2 rings (SSSR count). The van der Waals surface area contributed by atoms with Gasteiger partial charge in [-0.05, 0) is 35.4 Å². The van der Waals surface area contributed by atoms with Crippen LogP contribution in [0.5, 0.6) is 11.5 Å². The van der Waals surface area contributed by atoms with Crippen LogP contribution in [0, 0.1) is 0 Å². The number of rotatable bonds is 10. The molecule has 6 heteroatoms. The van der Waals surface area contributed by atoms with Crippen molar-refractivity contribution in [3.63, 3.8) is 0 Å². The van der Waals surface area contributed by atoms with Crippen molar-refractivity contribution in [1.82, 2.24) is 4.90 Å². The van der Waals surface area contributed by atoms with Gasteiger partial charge >= 0.3 is 5.97 Å². The summed E-state index contributed by atoms with van der Waals surface area (Å²) in [5.74, 6) is 1.39. The maximum absolute atomic E-state index is 11.4. The Bertz CT molecular complexity index is 654. The molecule has 0 spiro atoms. The van der Waals surface area contributed by atoms with Gasteiger partial charge in [0, 0.05) is 31.9 Å². The van der Waals surface area contributed by atoms with Crippen molar-refractivity contribution < 1.29 is 19.0 Å². The maximum atomic E-state index is 11.4. The lowest BCUT2D eigenvalue weighted by Crippen LogP contribution is -2.35. The Balaban J connectivity index is 2.13. The molecule has 0 fully saturated rings. The topological polar surface area (TPSA) is 48.0 Å². The molecule has 1 unspecified atom stereocenters. The molecule has 0 saturated heterocycles. The largest absolute Gasteiger partial charge is 0.497 e. The molecular formula is C21H26BrNO4. The third kappa shape index (κ3) is 7.23. The Morgan fingerprint density at radius 1 is 0.926 bits per heavy atom. The second kappa shape index (κ2) is 10.9. The van der Waals surface area contributed by atoms with E-state index < -0.39 is 0 Å². The van der Waals surface area contributed by atoms with E-state index in [2.05, 4.69) is 45.1 Å². The van der Waals surface area contributed by atoms with E-state index in [0.717, 1.165) is 24.6 Å². The molecule has 2 aromatic rings. The molecule has 5 nitrogen and oxygen atoms in total. The Labute approximate surface area is 169 Å². The summed E-state index contributed by atoms with van der Waals surface area (Å²) in [7, 11) is 3.31. The molecule has 0 amide bonds. The normalized spacial score (nSPS) is 11.9. The number of ether oxygens (including phenoxy) is 3. The van der Waals surface area contributed by atoms with Gasteiger partial charge < -0.3 is 14.2 Å². The maximum Gasteiger partial charge on any atom is 0.302 e. The van der Waals surface area contributed by atoms with Crippen LogP contribution in [0.2, 0.25) is 0 Å². The van der Waals surface area contributed by atoms with Crippen molar-refractivity contribution in [2.24, 2.45) is 0 Å². The summed E-state index contributed by atoms with van der Waals surface area (Å²) in [6, 6.07) is 16.0. The minimum atomic E-state index is -0.270. The van der Waals surface area contributed by atoms with Gasteiger partial charge in [0.05, 0.1) is 14.2 Å². The van der Waals surface area contributed by atoms with E-state index in [9.17, 15) is 4.79 Å². The van der Waals surface area contributed by atoms with Crippen molar-refractivity contribution in [2.45, 2.75) is 26.1 Å². The summed E-state index contributed by atoms with van der Waals surface area (Å²) in [6.07, 6.45) is -0.209. The predicted octanol–water partition coefficient (Wildman–Crippen LogP) is 4.03. The lowest BCUT2D eigenvalue weighted by molar-refractivity contribution is -0.146. The summed E-state index contributed by atoms with van der Waals surface area (Å²) in [4.78, 5) is 13.6. The van der Waals surface area contributed by atoms with E-state index in [1.54, 1.807) is 14.2 Å². The molecular weight excluding hydrogens is 410 g/mol. The van der Waals surface area contributed by atoms with Gasteiger partial charge in [0.25, 0.3) is 0 Å². The standard InChI is InChI=1S/C21H26BrNO4/c1-16(24)27-21(12-22)15-23(13-17-4-8-19(25-2)9-5-17)14-18-6-10-20(26-3)11-7-18/h4-11,21H,12-15H2,1-3H3. The van der Waals surface area contributed by atoms with E-state index in [1.807, 2.05) is 24.3 Å². The quantitative estimate of drug-likeness (QED) is 0.416. The van der Waals surface area contributed by atoms with Gasteiger partial charge in [-0.1, -0.05) is 40.2 Å². The molecule has 146 valence electrons. The number of benzene rings is 2. The third-order valence-electron chi connectivity index (χ3n) is 4.10. The number of nitrogens with zero attached hydrogens (tertiary/aromatic N) is 1. The summed E-state index contributed by atoms with van der Waals surface area (Å²) in [5.41, 5.74) is 2.33. The van der Waals surface area contributed by atoms with E-state index in [4.69, 9.17) is 14.2 Å². The number of hydrogen-bond acceptors (Lipinski definition) is 5. The van der Waals surface area contributed by atoms with Gasteiger partial charge in [0.2, 0.25) is 0 Å². The van der Waals surface area contributed by atoms with Crippen LogP contribution in [0.15, 0.2) is 48.5 Å². The lowest BCUT2D eigenvalue weighted by atomic mass is 10.1. The molecule has 2 aromatic carbocycles. The third-order valence-corrected chi connectivity index (χ3v) is 4.82. The van der Waals surface area contributed by atoms with Crippen LogP contribution >= 0.6 is 15.9 Å². The van der Waals surface area contributed by atoms with Crippen molar-refractivity contribution in [1.29, 1.82) is 0 Å². The van der Waals surface area contributed by atoms with E-state index in [1.165, 1.54) is 18.1 Å². The number of hydrogen-bond donors (Lipinski definition) is 0. The summed E-state index contributed by atoms with van der Waals surface area (Å²) in [6.45, 7) is 3.54. The number of alkyl halides is 1. The highest BCUT2D eigenvalue weighted by Crippen LogP contribution is 2.18. The summed E-state index contributed by atoms with van der Waals surface area (Å²) in [5, 5.41) is 0.592. The van der Waals surface area contributed by atoms with Crippen molar-refractivity contribution in [2.75, 3.05) is 26.1 Å². The van der Waals surface area contributed by atoms with Crippen molar-refractivity contribution in [3.8, 4) is 11.5 Å². The van der Waals surface area contributed by atoms with Gasteiger partial charge in [-0.15, -0.1) is 0 Å². The molecule has 0 aliphatic heterocycles. The number of methoxy groups -OCH3 is 2. The highest BCUT2D eigenvalue weighted by Gasteiger charge is 2.17. The van der Waals surface area contributed by atoms with Gasteiger partial charge in [0.15, 0.2) is 0 Å². The Morgan fingerprint density at radius 2 is 1.37 bits per heavy atom. The fourth-order valence-corrected chi connectivity index (χ4v) is 3.14. The van der Waals surface area contributed by atoms with Gasteiger partial charge in [-0.2, -0.15) is 0 Å². The molecule has 0 bridgehead atoms. The first kappa shape index (κ1) is 21.3. The van der Waals surface area contributed by atoms with Crippen LogP contribution in [0.25, 0.3) is 0 Å². The number of halogens is 1. The van der Waals surface area contributed by atoms with Crippen LogP contribution in [0.4, 0.5) is 0 Å². The molecule has 27 heavy (non-hydrogen) atoms. The van der Waals surface area contributed by atoms with E-state index >= 15 is 0 Å². The number of esters is 1. The fourth-order valence-electron chi connectivity index (χ4n) is 2.80. The average Bonchev–Trinajstić information content (AvgIpc) is 2.68. The zero-order valence-corrected chi connectivity index (χ0v) is 17.6. The van der Waals surface area contributed by atoms with Crippen molar-refractivity contribution >= 4 is 21.9 Å². The Morgan fingerprint density at radius 3 is 1.70 bits per heavy atom. The SMILES string of the molecule is COc1ccc(CN(Cc2ccc(OC)cc2)CC(CBr)OC(C)=O)cc1. The molecule has 0 heterocycles. The average molecular weight is 436 g/mol. The van der Waals surface area contributed by atoms with Gasteiger partial charge in [-0.25, -0.2) is 0 Å². The van der Waals surface area contributed by atoms with Crippen LogP contribution < -0.4 is 9.47 Å². The van der Waals surface area contributed by atoms with E-state index in [-0.39, 0.29) is 12.1 Å². The molecule has 0 aliphatic rings. The Hall–Kier alpha value is -2.05. The van der Waals surface area contributed by atoms with E-state index in [0.29, 0.717) is 11.9 Å². The highest BCUT2D eigenvalue weighted by atomic mass is 79.9. The predicted molar refractivity (Wildman–Crippen MR) is 109 cm³/mol. The zero-order chi connectivity index (χ0) is 19.6. The first-order valence-electron chi connectivity index (χ1n) is 8.75. The smallest absolute Gasteiger partial charge is 0.302 e. The molecule has 0 aliphatic carbocycles. The molecule has 1 atom stereocenters. The van der Waals surface area contributed by atoms with Crippen molar-refractivity contribution in [3.05, 3.63) is 59.7 Å².